The van der Waals surface area contributed by atoms with Gasteiger partial charge in [0.1, 0.15) is 0 Å². The quantitative estimate of drug-likeness (QED) is 0.743. The molecule has 1 unspecified atom stereocenters. The number of benzene rings is 1. The van der Waals surface area contributed by atoms with E-state index >= 15 is 0 Å². The van der Waals surface area contributed by atoms with Gasteiger partial charge in [-0.15, -0.1) is 0 Å². The Morgan fingerprint density at radius 3 is 1.88 bits per heavy atom. The first-order valence-electron chi connectivity index (χ1n) is 5.10. The molecule has 1 rings (SSSR count). The highest BCUT2D eigenvalue weighted by atomic mass is 31.1. The molecular formula is C12H14F3OP. The fraction of sp³-hybridized carbons (Fsp3) is 0.417. The largest absolute Gasteiger partial charge is 0.454 e. The van der Waals surface area contributed by atoms with Gasteiger partial charge in [0.2, 0.25) is 0 Å². The summed E-state index contributed by atoms with van der Waals surface area (Å²) in [5.74, 6) is 0. The fourth-order valence-corrected chi connectivity index (χ4v) is 3.86. The minimum atomic E-state index is -4.77. The second kappa shape index (κ2) is 4.77. The van der Waals surface area contributed by atoms with Gasteiger partial charge in [0.25, 0.3) is 5.52 Å². The van der Waals surface area contributed by atoms with E-state index in [0.29, 0.717) is 5.30 Å². The summed E-state index contributed by atoms with van der Waals surface area (Å²) < 4.78 is 37.7. The topological polar surface area (TPSA) is 17.1 Å². The van der Waals surface area contributed by atoms with E-state index in [-0.39, 0.29) is 0 Å². The standard InChI is InChI=1S/C12H14F3OP/c1-11(2,3)17(10(16)12(13,14)15)9-7-5-4-6-8-9/h4-8H,1-3H3. The minimum Gasteiger partial charge on any atom is -0.284 e. The lowest BCUT2D eigenvalue weighted by Gasteiger charge is -2.30. The Morgan fingerprint density at radius 2 is 1.53 bits per heavy atom. The molecule has 1 aromatic rings. The van der Waals surface area contributed by atoms with Crippen LogP contribution in [0.3, 0.4) is 0 Å². The van der Waals surface area contributed by atoms with Gasteiger partial charge in [-0.05, 0) is 10.5 Å². The molecule has 0 spiro atoms. The van der Waals surface area contributed by atoms with E-state index in [4.69, 9.17) is 0 Å². The third-order valence-corrected chi connectivity index (χ3v) is 4.95. The first kappa shape index (κ1) is 14.2. The van der Waals surface area contributed by atoms with Crippen LogP contribution in [-0.2, 0) is 4.79 Å². The number of hydrogen-bond acceptors (Lipinski definition) is 1. The van der Waals surface area contributed by atoms with Crippen LogP contribution in [0.5, 0.6) is 0 Å². The summed E-state index contributed by atoms with van der Waals surface area (Å²) in [6.45, 7) is 4.99. The monoisotopic (exact) mass is 262 g/mol. The Labute approximate surface area is 99.8 Å². The smallest absolute Gasteiger partial charge is 0.284 e. The molecule has 0 fully saturated rings. The highest BCUT2D eigenvalue weighted by Gasteiger charge is 2.47. The summed E-state index contributed by atoms with van der Waals surface area (Å²) in [7, 11) is -1.91. The van der Waals surface area contributed by atoms with Crippen molar-refractivity contribution in [1.82, 2.24) is 0 Å². The van der Waals surface area contributed by atoms with Gasteiger partial charge in [-0.25, -0.2) is 0 Å². The Morgan fingerprint density at radius 1 is 1.06 bits per heavy atom. The second-order valence-corrected chi connectivity index (χ2v) is 7.58. The van der Waals surface area contributed by atoms with E-state index in [0.717, 1.165) is 0 Å². The molecule has 0 aliphatic carbocycles. The van der Waals surface area contributed by atoms with Crippen molar-refractivity contribution < 1.29 is 18.0 Å². The first-order valence-corrected chi connectivity index (χ1v) is 6.44. The SMILES string of the molecule is CC(C)(C)P(C(=O)C(F)(F)F)c1ccccc1. The van der Waals surface area contributed by atoms with Crippen LogP contribution < -0.4 is 5.30 Å². The highest BCUT2D eigenvalue weighted by Crippen LogP contribution is 2.52. The van der Waals surface area contributed by atoms with Crippen molar-refractivity contribution >= 4 is 18.8 Å². The number of carbonyl (C=O) groups is 1. The fourth-order valence-electron chi connectivity index (χ4n) is 1.51. The maximum absolute atomic E-state index is 12.6. The minimum absolute atomic E-state index is 0.470. The average Bonchev–Trinajstić information content (AvgIpc) is 2.15. The predicted octanol–water partition coefficient (Wildman–Crippen LogP) is 3.68. The summed E-state index contributed by atoms with van der Waals surface area (Å²) in [5, 5.41) is -0.235. The third kappa shape index (κ3) is 3.53. The number of carbonyl (C=O) groups excluding carboxylic acids is 1. The van der Waals surface area contributed by atoms with Crippen molar-refractivity contribution in [2.24, 2.45) is 0 Å². The molecular weight excluding hydrogens is 248 g/mol. The molecule has 1 nitrogen and oxygen atoms in total. The van der Waals surface area contributed by atoms with E-state index in [1.165, 1.54) is 0 Å². The molecule has 0 saturated heterocycles. The van der Waals surface area contributed by atoms with Crippen LogP contribution in [0.1, 0.15) is 20.8 Å². The van der Waals surface area contributed by atoms with Crippen molar-refractivity contribution in [2.45, 2.75) is 32.1 Å². The van der Waals surface area contributed by atoms with Crippen LogP contribution in [0.4, 0.5) is 13.2 Å². The number of hydrogen-bond donors (Lipinski definition) is 0. The van der Waals surface area contributed by atoms with Crippen LogP contribution in [0.2, 0.25) is 0 Å². The van der Waals surface area contributed by atoms with Gasteiger partial charge in [0, 0.05) is 7.92 Å². The molecule has 0 bridgehead atoms. The highest BCUT2D eigenvalue weighted by molar-refractivity contribution is 7.82. The molecule has 0 amide bonds. The van der Waals surface area contributed by atoms with Crippen molar-refractivity contribution in [3.8, 4) is 0 Å². The van der Waals surface area contributed by atoms with Crippen LogP contribution in [-0.4, -0.2) is 16.9 Å². The van der Waals surface area contributed by atoms with Crippen molar-refractivity contribution in [2.75, 3.05) is 0 Å². The van der Waals surface area contributed by atoms with Crippen molar-refractivity contribution in [3.63, 3.8) is 0 Å². The molecule has 17 heavy (non-hydrogen) atoms. The molecule has 0 saturated carbocycles. The van der Waals surface area contributed by atoms with Crippen LogP contribution >= 0.6 is 7.92 Å². The first-order chi connectivity index (χ1) is 7.64. The van der Waals surface area contributed by atoms with Crippen LogP contribution in [0.15, 0.2) is 30.3 Å². The molecule has 0 N–H and O–H groups in total. The van der Waals surface area contributed by atoms with E-state index < -0.39 is 24.8 Å². The van der Waals surface area contributed by atoms with E-state index in [9.17, 15) is 18.0 Å². The molecule has 0 aliphatic heterocycles. The molecule has 0 aromatic heterocycles. The lowest BCUT2D eigenvalue weighted by Crippen LogP contribution is -2.32. The zero-order valence-corrected chi connectivity index (χ0v) is 10.8. The lowest BCUT2D eigenvalue weighted by molar-refractivity contribution is -0.161. The Balaban J connectivity index is 3.20. The number of rotatable bonds is 2. The van der Waals surface area contributed by atoms with Gasteiger partial charge < -0.3 is 0 Å². The molecule has 5 heteroatoms. The Bertz CT molecular complexity index is 392. The molecule has 0 aliphatic rings. The predicted molar refractivity (Wildman–Crippen MR) is 63.8 cm³/mol. The number of alkyl halides is 3. The van der Waals surface area contributed by atoms with Crippen LogP contribution in [0.25, 0.3) is 0 Å². The van der Waals surface area contributed by atoms with E-state index in [1.54, 1.807) is 51.1 Å². The third-order valence-electron chi connectivity index (χ3n) is 2.13. The van der Waals surface area contributed by atoms with Gasteiger partial charge in [-0.1, -0.05) is 51.1 Å². The lowest BCUT2D eigenvalue weighted by atomic mass is 10.3. The van der Waals surface area contributed by atoms with Gasteiger partial charge in [-0.2, -0.15) is 13.2 Å². The van der Waals surface area contributed by atoms with E-state index in [1.807, 2.05) is 0 Å². The average molecular weight is 262 g/mol. The van der Waals surface area contributed by atoms with Gasteiger partial charge in [0.05, 0.1) is 0 Å². The van der Waals surface area contributed by atoms with Gasteiger partial charge in [0.15, 0.2) is 0 Å². The summed E-state index contributed by atoms with van der Waals surface area (Å²) in [6, 6.07) is 8.19. The molecule has 94 valence electrons. The normalized spacial score (nSPS) is 14.5. The maximum atomic E-state index is 12.6. The van der Waals surface area contributed by atoms with E-state index in [2.05, 4.69) is 0 Å². The summed E-state index contributed by atoms with van der Waals surface area (Å²) in [6.07, 6.45) is -4.77. The maximum Gasteiger partial charge on any atom is 0.454 e. The Hall–Kier alpha value is -0.890. The number of halogens is 3. The Kier molecular flexibility index (Phi) is 3.98. The van der Waals surface area contributed by atoms with Crippen LogP contribution in [0, 0.1) is 0 Å². The van der Waals surface area contributed by atoms with Crippen molar-refractivity contribution in [3.05, 3.63) is 30.3 Å². The molecule has 0 heterocycles. The van der Waals surface area contributed by atoms with Crippen molar-refractivity contribution in [1.29, 1.82) is 0 Å². The molecule has 1 aromatic carbocycles. The summed E-state index contributed by atoms with van der Waals surface area (Å²) >= 11 is 0. The van der Waals surface area contributed by atoms with Gasteiger partial charge in [-0.3, -0.25) is 4.79 Å². The van der Waals surface area contributed by atoms with Gasteiger partial charge >= 0.3 is 6.18 Å². The molecule has 0 radical (unpaired) electrons. The summed E-state index contributed by atoms with van der Waals surface area (Å²) in [5.41, 5.74) is -1.62. The zero-order chi connectivity index (χ0) is 13.3. The zero-order valence-electron chi connectivity index (χ0n) is 9.88. The summed E-state index contributed by atoms with van der Waals surface area (Å²) in [4.78, 5) is 11.5. The molecule has 1 atom stereocenters. The second-order valence-electron chi connectivity index (χ2n) is 4.64.